The molecule has 0 radical (unpaired) electrons. The van der Waals surface area contributed by atoms with E-state index in [1.54, 1.807) is 14.2 Å². The first kappa shape index (κ1) is 32.6. The monoisotopic (exact) mass is 597 g/mol. The van der Waals surface area contributed by atoms with Crippen LogP contribution in [0.1, 0.15) is 69.4 Å². The Bertz CT molecular complexity index is 1480. The highest BCUT2D eigenvalue weighted by molar-refractivity contribution is 5.96. The van der Waals surface area contributed by atoms with Gasteiger partial charge in [-0.2, -0.15) is 0 Å². The third-order valence-electron chi connectivity index (χ3n) is 8.01. The molecule has 0 aliphatic rings. The lowest BCUT2D eigenvalue weighted by Gasteiger charge is -2.14. The molecule has 2 N–H and O–H groups in total. The van der Waals surface area contributed by atoms with Gasteiger partial charge in [0.2, 0.25) is 11.8 Å². The lowest BCUT2D eigenvalue weighted by atomic mass is 10.0. The maximum Gasteiger partial charge on any atom is 0.224 e. The first-order valence-corrected chi connectivity index (χ1v) is 15.9. The average molecular weight is 598 g/mol. The molecule has 0 fully saturated rings. The summed E-state index contributed by atoms with van der Waals surface area (Å²) in [6, 6.07) is 24.5. The van der Waals surface area contributed by atoms with Gasteiger partial charge in [0.15, 0.2) is 0 Å². The van der Waals surface area contributed by atoms with E-state index in [4.69, 9.17) is 9.47 Å². The second-order valence-corrected chi connectivity index (χ2v) is 11.3. The van der Waals surface area contributed by atoms with Crippen molar-refractivity contribution in [3.8, 4) is 22.8 Å². The average Bonchev–Trinajstić information content (AvgIpc) is 3.34. The third-order valence-corrected chi connectivity index (χ3v) is 8.01. The SMILES string of the molecule is CCCCNC(=O)CCCCCCCNC(=O)Cc1c(-c2ccc(OC)cc2)n(Cc2ccccc2)c2ccc(OC)cc12. The van der Waals surface area contributed by atoms with Gasteiger partial charge in [-0.1, -0.05) is 62.9 Å². The van der Waals surface area contributed by atoms with Crippen LogP contribution in [0.15, 0.2) is 72.8 Å². The van der Waals surface area contributed by atoms with E-state index >= 15 is 0 Å². The summed E-state index contributed by atoms with van der Waals surface area (Å²) in [7, 11) is 3.33. The predicted molar refractivity (Wildman–Crippen MR) is 178 cm³/mol. The summed E-state index contributed by atoms with van der Waals surface area (Å²) in [5, 5.41) is 7.15. The minimum absolute atomic E-state index is 0.00472. The standard InChI is InChI=1S/C37H47N3O4/c1-4-5-23-38-35(41)16-12-7-6-8-13-24-39-36(42)26-33-32-25-31(44-3)21-22-34(32)40(27-28-14-10-9-11-15-28)37(33)29-17-19-30(43-2)20-18-29/h9-11,14-15,17-22,25H,4-8,12-13,16,23-24,26-27H2,1-3H3,(H,38,41)(H,39,42). The smallest absolute Gasteiger partial charge is 0.224 e. The number of nitrogens with zero attached hydrogens (tertiary/aromatic N) is 1. The van der Waals surface area contributed by atoms with Crippen molar-refractivity contribution >= 4 is 22.7 Å². The number of rotatable bonds is 18. The molecule has 3 aromatic carbocycles. The molecule has 0 saturated carbocycles. The van der Waals surface area contributed by atoms with Crippen LogP contribution in [-0.2, 0) is 22.6 Å². The predicted octanol–water partition coefficient (Wildman–Crippen LogP) is 7.29. The zero-order chi connectivity index (χ0) is 31.1. The van der Waals surface area contributed by atoms with Gasteiger partial charge < -0.3 is 24.7 Å². The van der Waals surface area contributed by atoms with E-state index in [9.17, 15) is 9.59 Å². The normalized spacial score (nSPS) is 11.0. The van der Waals surface area contributed by atoms with Crippen LogP contribution < -0.4 is 20.1 Å². The lowest BCUT2D eigenvalue weighted by Crippen LogP contribution is -2.26. The summed E-state index contributed by atoms with van der Waals surface area (Å²) in [5.74, 6) is 1.71. The van der Waals surface area contributed by atoms with Gasteiger partial charge in [0, 0.05) is 37.0 Å². The van der Waals surface area contributed by atoms with Gasteiger partial charge in [-0.05, 0) is 78.4 Å². The van der Waals surface area contributed by atoms with Crippen molar-refractivity contribution in [1.82, 2.24) is 15.2 Å². The molecule has 234 valence electrons. The van der Waals surface area contributed by atoms with Crippen LogP contribution in [0.4, 0.5) is 0 Å². The first-order chi connectivity index (χ1) is 21.5. The molecule has 2 amide bonds. The summed E-state index contributed by atoms with van der Waals surface area (Å²) in [5.41, 5.74) is 5.27. The second-order valence-electron chi connectivity index (χ2n) is 11.3. The molecule has 0 aliphatic carbocycles. The summed E-state index contributed by atoms with van der Waals surface area (Å²) < 4.78 is 13.3. The van der Waals surface area contributed by atoms with E-state index in [2.05, 4.69) is 64.6 Å². The van der Waals surface area contributed by atoms with Crippen LogP contribution in [0.25, 0.3) is 22.2 Å². The molecule has 0 atom stereocenters. The number of amides is 2. The summed E-state index contributed by atoms with van der Waals surface area (Å²) in [6.45, 7) is 4.21. The molecular formula is C37H47N3O4. The van der Waals surface area contributed by atoms with Crippen molar-refractivity contribution in [2.24, 2.45) is 0 Å². The molecule has 7 nitrogen and oxygen atoms in total. The van der Waals surface area contributed by atoms with Crippen LogP contribution in [-0.4, -0.2) is 43.7 Å². The number of hydrogen-bond acceptors (Lipinski definition) is 4. The highest BCUT2D eigenvalue weighted by Crippen LogP contribution is 2.37. The Morgan fingerprint density at radius 2 is 1.39 bits per heavy atom. The van der Waals surface area contributed by atoms with Gasteiger partial charge in [0.25, 0.3) is 0 Å². The van der Waals surface area contributed by atoms with Crippen molar-refractivity contribution in [3.05, 3.63) is 83.9 Å². The van der Waals surface area contributed by atoms with E-state index < -0.39 is 0 Å². The Balaban J connectivity index is 1.45. The number of carbonyl (C=O) groups is 2. The fourth-order valence-electron chi connectivity index (χ4n) is 5.60. The van der Waals surface area contributed by atoms with Gasteiger partial charge in [-0.25, -0.2) is 0 Å². The number of unbranched alkanes of at least 4 members (excludes halogenated alkanes) is 5. The van der Waals surface area contributed by atoms with E-state index in [1.807, 2.05) is 30.3 Å². The van der Waals surface area contributed by atoms with E-state index in [-0.39, 0.29) is 18.2 Å². The number of fused-ring (bicyclic) bond motifs is 1. The van der Waals surface area contributed by atoms with Gasteiger partial charge in [-0.3, -0.25) is 9.59 Å². The molecule has 0 spiro atoms. The Kier molecular flexibility index (Phi) is 12.7. The number of nitrogens with one attached hydrogen (secondary N) is 2. The van der Waals surface area contributed by atoms with Gasteiger partial charge in [0.1, 0.15) is 11.5 Å². The molecule has 1 aromatic heterocycles. The second kappa shape index (κ2) is 17.1. The van der Waals surface area contributed by atoms with Crippen molar-refractivity contribution in [2.45, 2.75) is 71.3 Å². The quantitative estimate of drug-likeness (QED) is 0.118. The first-order valence-electron chi connectivity index (χ1n) is 15.9. The maximum atomic E-state index is 13.4. The Hall–Kier alpha value is -4.26. The van der Waals surface area contributed by atoms with Crippen LogP contribution in [0.3, 0.4) is 0 Å². The zero-order valence-electron chi connectivity index (χ0n) is 26.5. The molecular weight excluding hydrogens is 550 g/mol. The van der Waals surface area contributed by atoms with Crippen molar-refractivity contribution in [3.63, 3.8) is 0 Å². The van der Waals surface area contributed by atoms with E-state index in [0.29, 0.717) is 19.5 Å². The van der Waals surface area contributed by atoms with Crippen molar-refractivity contribution < 1.29 is 19.1 Å². The number of carbonyl (C=O) groups excluding carboxylic acids is 2. The van der Waals surface area contributed by atoms with Crippen LogP contribution >= 0.6 is 0 Å². The lowest BCUT2D eigenvalue weighted by molar-refractivity contribution is -0.121. The summed E-state index contributed by atoms with van der Waals surface area (Å²) in [4.78, 5) is 25.2. The Morgan fingerprint density at radius 1 is 0.727 bits per heavy atom. The van der Waals surface area contributed by atoms with E-state index in [0.717, 1.165) is 90.7 Å². The molecule has 0 saturated heterocycles. The van der Waals surface area contributed by atoms with Crippen molar-refractivity contribution in [1.29, 1.82) is 0 Å². The number of benzene rings is 3. The minimum Gasteiger partial charge on any atom is -0.497 e. The molecule has 0 aliphatic heterocycles. The highest BCUT2D eigenvalue weighted by Gasteiger charge is 2.22. The van der Waals surface area contributed by atoms with Gasteiger partial charge in [-0.15, -0.1) is 0 Å². The van der Waals surface area contributed by atoms with Crippen LogP contribution in [0.2, 0.25) is 0 Å². The van der Waals surface area contributed by atoms with Crippen molar-refractivity contribution in [2.75, 3.05) is 27.3 Å². The zero-order valence-corrected chi connectivity index (χ0v) is 26.5. The number of ether oxygens (including phenoxy) is 2. The maximum absolute atomic E-state index is 13.4. The molecule has 0 bridgehead atoms. The Labute approximate surface area is 262 Å². The van der Waals surface area contributed by atoms with Crippen LogP contribution in [0.5, 0.6) is 11.5 Å². The fraction of sp³-hybridized carbons (Fsp3) is 0.405. The molecule has 0 unspecified atom stereocenters. The Morgan fingerprint density at radius 3 is 2.11 bits per heavy atom. The highest BCUT2D eigenvalue weighted by atomic mass is 16.5. The number of hydrogen-bond donors (Lipinski definition) is 2. The molecule has 4 rings (SSSR count). The van der Waals surface area contributed by atoms with E-state index in [1.165, 1.54) is 5.56 Å². The fourth-order valence-corrected chi connectivity index (χ4v) is 5.60. The van der Waals surface area contributed by atoms with Gasteiger partial charge in [0.05, 0.1) is 26.3 Å². The molecule has 44 heavy (non-hydrogen) atoms. The summed E-state index contributed by atoms with van der Waals surface area (Å²) in [6.07, 6.45) is 7.94. The minimum atomic E-state index is 0.00472. The number of aromatic nitrogens is 1. The van der Waals surface area contributed by atoms with Gasteiger partial charge >= 0.3 is 0 Å². The third kappa shape index (κ3) is 9.12. The summed E-state index contributed by atoms with van der Waals surface area (Å²) >= 11 is 0. The topological polar surface area (TPSA) is 81.6 Å². The molecule has 4 aromatic rings. The largest absolute Gasteiger partial charge is 0.497 e. The molecule has 1 heterocycles. The number of methoxy groups -OCH3 is 2. The van der Waals surface area contributed by atoms with Crippen LogP contribution in [0, 0.1) is 0 Å². The molecule has 7 heteroatoms.